The van der Waals surface area contributed by atoms with Gasteiger partial charge < -0.3 is 5.11 Å². The van der Waals surface area contributed by atoms with E-state index < -0.39 is 0 Å². The van der Waals surface area contributed by atoms with E-state index in [1.54, 1.807) is 0 Å². The van der Waals surface area contributed by atoms with Gasteiger partial charge in [-0.05, 0) is 12.5 Å². The zero-order valence-corrected chi connectivity index (χ0v) is 6.94. The molecule has 0 spiro atoms. The van der Waals surface area contributed by atoms with Crippen LogP contribution >= 0.6 is 0 Å². The minimum Gasteiger partial charge on any atom is -0.393 e. The van der Waals surface area contributed by atoms with E-state index in [-0.39, 0.29) is 14.9 Å². The molecular weight excluding hydrogens is 116 g/mol. The van der Waals surface area contributed by atoms with Crippen molar-refractivity contribution in [2.75, 3.05) is 0 Å². The summed E-state index contributed by atoms with van der Waals surface area (Å²) in [6.07, 6.45) is 0.884. The second-order valence-electron chi connectivity index (χ2n) is 2.47. The maximum absolute atomic E-state index is 9.05. The Morgan fingerprint density at radius 2 is 2.00 bits per heavy atom. The number of aliphatic hydroxyl groups is 1. The van der Waals surface area contributed by atoms with Gasteiger partial charge in [-0.1, -0.05) is 20.0 Å². The Morgan fingerprint density at radius 3 is 2.12 bits per heavy atom. The third-order valence-electron chi connectivity index (χ3n) is 1.12. The maximum Gasteiger partial charge on any atom is 0.0512 e. The first-order chi connectivity index (χ1) is 3.66. The molecule has 1 nitrogen and oxygen atoms in total. The molecule has 0 fully saturated rings. The summed E-state index contributed by atoms with van der Waals surface area (Å²) in [7, 11) is -0.196. The molecule has 0 aromatic rings. The van der Waals surface area contributed by atoms with Crippen LogP contribution in [0.3, 0.4) is 0 Å². The van der Waals surface area contributed by atoms with Crippen LogP contribution in [0.25, 0.3) is 0 Å². The Labute approximate surface area is 53.3 Å². The van der Waals surface area contributed by atoms with Crippen LogP contribution in [0, 0.1) is 0 Å². The van der Waals surface area contributed by atoms with E-state index in [2.05, 4.69) is 13.1 Å². The monoisotopic (exact) mass is 131 g/mol. The van der Waals surface area contributed by atoms with Crippen LogP contribution in [0.4, 0.5) is 0 Å². The van der Waals surface area contributed by atoms with Gasteiger partial charge in [0.1, 0.15) is 0 Å². The molecule has 1 unspecified atom stereocenters. The Hall–Kier alpha value is 0.177. The van der Waals surface area contributed by atoms with Crippen molar-refractivity contribution in [1.29, 1.82) is 0 Å². The zero-order chi connectivity index (χ0) is 6.57. The van der Waals surface area contributed by atoms with Crippen LogP contribution in [0.15, 0.2) is 0 Å². The average molecular weight is 131 g/mol. The molecule has 0 aromatic carbocycles. The molecule has 0 amide bonds. The fraction of sp³-hybridized carbons (Fsp3) is 1.00. The molecule has 0 aliphatic heterocycles. The Morgan fingerprint density at radius 1 is 1.50 bits per heavy atom. The lowest BCUT2D eigenvalue weighted by molar-refractivity contribution is 0.190. The van der Waals surface area contributed by atoms with Crippen LogP contribution in [-0.4, -0.2) is 20.0 Å². The lowest BCUT2D eigenvalue weighted by Crippen LogP contribution is -2.12. The minimum atomic E-state index is -0.196. The summed E-state index contributed by atoms with van der Waals surface area (Å²) >= 11 is 0. The van der Waals surface area contributed by atoms with E-state index >= 15 is 0 Å². The van der Waals surface area contributed by atoms with Crippen molar-refractivity contribution in [3.05, 3.63) is 0 Å². The summed E-state index contributed by atoms with van der Waals surface area (Å²) in [6.45, 7) is 6.47. The summed E-state index contributed by atoms with van der Waals surface area (Å²) < 4.78 is 0. The average Bonchev–Trinajstić information content (AvgIpc) is 1.65. The SMILES string of the molecule is CCC(O)C[Si](C)C. The smallest absolute Gasteiger partial charge is 0.0512 e. The third-order valence-corrected chi connectivity index (χ3v) is 2.40. The van der Waals surface area contributed by atoms with E-state index in [1.165, 1.54) is 0 Å². The van der Waals surface area contributed by atoms with Gasteiger partial charge in [-0.2, -0.15) is 0 Å². The molecular formula is C6H15OSi. The predicted molar refractivity (Wildman–Crippen MR) is 38.6 cm³/mol. The summed E-state index contributed by atoms with van der Waals surface area (Å²) in [6, 6.07) is 1.04. The molecule has 2 heteroatoms. The van der Waals surface area contributed by atoms with E-state index in [0.29, 0.717) is 0 Å². The maximum atomic E-state index is 9.05. The summed E-state index contributed by atoms with van der Waals surface area (Å²) in [5.41, 5.74) is 0. The van der Waals surface area contributed by atoms with Gasteiger partial charge in [-0.15, -0.1) is 0 Å². The van der Waals surface area contributed by atoms with Crippen molar-refractivity contribution >= 4 is 8.80 Å². The van der Waals surface area contributed by atoms with Crippen LogP contribution in [0.2, 0.25) is 19.1 Å². The van der Waals surface area contributed by atoms with Crippen LogP contribution < -0.4 is 0 Å². The number of hydrogen-bond acceptors (Lipinski definition) is 1. The number of aliphatic hydroxyl groups excluding tert-OH is 1. The fourth-order valence-electron chi connectivity index (χ4n) is 0.616. The Kier molecular flexibility index (Phi) is 4.19. The van der Waals surface area contributed by atoms with Crippen LogP contribution in [-0.2, 0) is 0 Å². The lowest BCUT2D eigenvalue weighted by Gasteiger charge is -2.07. The van der Waals surface area contributed by atoms with Crippen molar-refractivity contribution in [2.24, 2.45) is 0 Å². The van der Waals surface area contributed by atoms with Crippen molar-refractivity contribution < 1.29 is 5.11 Å². The number of rotatable bonds is 3. The first-order valence-corrected chi connectivity index (χ1v) is 5.84. The summed E-state index contributed by atoms with van der Waals surface area (Å²) in [5, 5.41) is 9.05. The molecule has 0 saturated heterocycles. The van der Waals surface area contributed by atoms with E-state index in [9.17, 15) is 0 Å². The highest BCUT2D eigenvalue weighted by molar-refractivity contribution is 6.55. The molecule has 0 rings (SSSR count). The lowest BCUT2D eigenvalue weighted by atomic mass is 10.3. The summed E-state index contributed by atoms with van der Waals surface area (Å²) in [4.78, 5) is 0. The summed E-state index contributed by atoms with van der Waals surface area (Å²) in [5.74, 6) is 0. The van der Waals surface area contributed by atoms with Crippen molar-refractivity contribution in [3.8, 4) is 0 Å². The van der Waals surface area contributed by atoms with Gasteiger partial charge >= 0.3 is 0 Å². The molecule has 0 saturated carbocycles. The van der Waals surface area contributed by atoms with Gasteiger partial charge in [0.2, 0.25) is 0 Å². The molecule has 0 aliphatic carbocycles. The molecule has 1 N–H and O–H groups in total. The Bertz CT molecular complexity index is 54.5. The standard InChI is InChI=1S/C6H15OSi/c1-4-6(7)5-8(2)3/h6-7H,4-5H2,1-3H3. The molecule has 0 aliphatic rings. The van der Waals surface area contributed by atoms with E-state index in [1.807, 2.05) is 6.92 Å². The van der Waals surface area contributed by atoms with E-state index in [0.717, 1.165) is 12.5 Å². The topological polar surface area (TPSA) is 20.2 Å². The van der Waals surface area contributed by atoms with Gasteiger partial charge in [-0.25, -0.2) is 0 Å². The second kappa shape index (κ2) is 4.10. The van der Waals surface area contributed by atoms with Crippen molar-refractivity contribution in [3.63, 3.8) is 0 Å². The van der Waals surface area contributed by atoms with Gasteiger partial charge in [0.25, 0.3) is 0 Å². The molecule has 1 radical (unpaired) electrons. The molecule has 1 atom stereocenters. The van der Waals surface area contributed by atoms with Gasteiger partial charge in [0.15, 0.2) is 0 Å². The van der Waals surface area contributed by atoms with E-state index in [4.69, 9.17) is 5.11 Å². The number of hydrogen-bond donors (Lipinski definition) is 1. The fourth-order valence-corrected chi connectivity index (χ4v) is 1.85. The predicted octanol–water partition coefficient (Wildman–Crippen LogP) is 1.51. The molecule has 8 heavy (non-hydrogen) atoms. The third kappa shape index (κ3) is 4.34. The Balaban J connectivity index is 3.10. The minimum absolute atomic E-state index is 0.0288. The van der Waals surface area contributed by atoms with Crippen LogP contribution in [0.5, 0.6) is 0 Å². The highest BCUT2D eigenvalue weighted by Crippen LogP contribution is 2.00. The van der Waals surface area contributed by atoms with Crippen LogP contribution in [0.1, 0.15) is 13.3 Å². The van der Waals surface area contributed by atoms with Gasteiger partial charge in [0.05, 0.1) is 6.10 Å². The molecule has 0 heterocycles. The van der Waals surface area contributed by atoms with Crippen molar-refractivity contribution in [2.45, 2.75) is 38.6 Å². The van der Waals surface area contributed by atoms with Crippen molar-refractivity contribution in [1.82, 2.24) is 0 Å². The zero-order valence-electron chi connectivity index (χ0n) is 5.94. The molecule has 49 valence electrons. The largest absolute Gasteiger partial charge is 0.393 e. The normalized spacial score (nSPS) is 14.6. The first kappa shape index (κ1) is 8.18. The quantitative estimate of drug-likeness (QED) is 0.576. The van der Waals surface area contributed by atoms with Gasteiger partial charge in [-0.3, -0.25) is 0 Å². The molecule has 0 aromatic heterocycles. The molecule has 0 bridgehead atoms. The van der Waals surface area contributed by atoms with Gasteiger partial charge in [0, 0.05) is 8.80 Å². The second-order valence-corrected chi connectivity index (χ2v) is 5.30. The first-order valence-electron chi connectivity index (χ1n) is 3.14. The highest BCUT2D eigenvalue weighted by Gasteiger charge is 2.03. The highest BCUT2D eigenvalue weighted by atomic mass is 28.3.